The minimum absolute atomic E-state index is 0.0272. The molecule has 0 atom stereocenters. The number of carbonyl (C=O) groups excluding carboxylic acids is 1. The first-order valence-corrected chi connectivity index (χ1v) is 9.69. The summed E-state index contributed by atoms with van der Waals surface area (Å²) in [5, 5.41) is 0.436. The number of ether oxygens (including phenoxy) is 2. The van der Waals surface area contributed by atoms with E-state index in [-0.39, 0.29) is 17.9 Å². The van der Waals surface area contributed by atoms with Gasteiger partial charge in [-0.15, -0.1) is 0 Å². The Morgan fingerprint density at radius 2 is 1.76 bits per heavy atom. The number of amides is 1. The van der Waals surface area contributed by atoms with Crippen LogP contribution in [0.15, 0.2) is 51.7 Å². The quantitative estimate of drug-likeness (QED) is 0.660. The van der Waals surface area contributed by atoms with Crippen molar-refractivity contribution in [3.05, 3.63) is 58.3 Å². The molecule has 1 aromatic heterocycles. The number of benzene rings is 2. The van der Waals surface area contributed by atoms with Gasteiger partial charge in [0.25, 0.3) is 5.91 Å². The highest BCUT2D eigenvalue weighted by Gasteiger charge is 2.19. The zero-order valence-corrected chi connectivity index (χ0v) is 16.6. The number of nitrogens with zero attached hydrogens (tertiary/aromatic N) is 1. The van der Waals surface area contributed by atoms with E-state index in [1.807, 2.05) is 24.3 Å². The third-order valence-electron chi connectivity index (χ3n) is 5.26. The van der Waals surface area contributed by atoms with Crippen LogP contribution in [0.1, 0.15) is 18.4 Å². The van der Waals surface area contributed by atoms with E-state index >= 15 is 0 Å². The Labute approximate surface area is 168 Å². The smallest absolute Gasteiger partial charge is 0.260 e. The van der Waals surface area contributed by atoms with Crippen molar-refractivity contribution in [3.63, 3.8) is 0 Å². The van der Waals surface area contributed by atoms with Crippen molar-refractivity contribution in [1.29, 1.82) is 0 Å². The highest BCUT2D eigenvalue weighted by atomic mass is 16.5. The molecule has 1 aliphatic rings. The average molecular weight is 393 g/mol. The number of fused-ring (bicyclic) bond motifs is 1. The summed E-state index contributed by atoms with van der Waals surface area (Å²) in [4.78, 5) is 26.9. The zero-order chi connectivity index (χ0) is 20.4. The van der Waals surface area contributed by atoms with Gasteiger partial charge in [0.1, 0.15) is 22.8 Å². The maximum Gasteiger partial charge on any atom is 0.260 e. The van der Waals surface area contributed by atoms with Crippen molar-refractivity contribution in [2.24, 2.45) is 0 Å². The maximum atomic E-state index is 12.9. The van der Waals surface area contributed by atoms with E-state index in [2.05, 4.69) is 0 Å². The summed E-state index contributed by atoms with van der Waals surface area (Å²) in [6, 6.07) is 12.4. The number of rotatable bonds is 5. The van der Waals surface area contributed by atoms with Crippen LogP contribution in [0.3, 0.4) is 0 Å². The van der Waals surface area contributed by atoms with Crippen molar-refractivity contribution in [2.45, 2.75) is 19.8 Å². The Morgan fingerprint density at radius 3 is 2.45 bits per heavy atom. The Bertz CT molecular complexity index is 1090. The minimum atomic E-state index is -0.117. The molecule has 1 aliphatic heterocycles. The number of carbonyl (C=O) groups is 1. The predicted octanol–water partition coefficient (Wildman–Crippen LogP) is 3.78. The first-order valence-electron chi connectivity index (χ1n) is 9.69. The van der Waals surface area contributed by atoms with Gasteiger partial charge in [-0.3, -0.25) is 9.59 Å². The Balaban J connectivity index is 1.61. The van der Waals surface area contributed by atoms with Crippen LogP contribution in [0.2, 0.25) is 0 Å². The molecular weight excluding hydrogens is 370 g/mol. The SMILES string of the molecule is COc1ccc(-c2oc3ccc(OCC(=O)N4CCCC4)cc3c(=O)c2C)cc1. The second kappa shape index (κ2) is 7.99. The number of hydrogen-bond acceptors (Lipinski definition) is 5. The number of hydrogen-bond donors (Lipinski definition) is 0. The number of methoxy groups -OCH3 is 1. The van der Waals surface area contributed by atoms with Gasteiger partial charge in [-0.2, -0.15) is 0 Å². The highest BCUT2D eigenvalue weighted by molar-refractivity contribution is 5.82. The van der Waals surface area contributed by atoms with Gasteiger partial charge in [0.15, 0.2) is 12.0 Å². The molecule has 29 heavy (non-hydrogen) atoms. The molecule has 0 unspecified atom stereocenters. The molecule has 4 rings (SSSR count). The first-order chi connectivity index (χ1) is 14.1. The summed E-state index contributed by atoms with van der Waals surface area (Å²) in [6.45, 7) is 3.29. The second-order valence-electron chi connectivity index (χ2n) is 7.15. The summed E-state index contributed by atoms with van der Waals surface area (Å²) in [5.41, 5.74) is 1.69. The average Bonchev–Trinajstić information content (AvgIpc) is 3.30. The normalized spacial score (nSPS) is 13.7. The standard InChI is InChI=1S/C23H23NO5/c1-15-22(26)19-13-18(28-14-21(25)24-11-3-4-12-24)9-10-20(19)29-23(15)16-5-7-17(27-2)8-6-16/h5-10,13H,3-4,11-12,14H2,1-2H3. The van der Waals surface area contributed by atoms with Gasteiger partial charge in [-0.1, -0.05) is 0 Å². The molecule has 150 valence electrons. The molecule has 0 saturated carbocycles. The van der Waals surface area contributed by atoms with Crippen molar-refractivity contribution in [1.82, 2.24) is 4.90 Å². The summed E-state index contributed by atoms with van der Waals surface area (Å²) in [5.74, 6) is 1.72. The van der Waals surface area contributed by atoms with Crippen LogP contribution in [-0.4, -0.2) is 37.6 Å². The third kappa shape index (κ3) is 3.83. The zero-order valence-electron chi connectivity index (χ0n) is 16.6. The lowest BCUT2D eigenvalue weighted by molar-refractivity contribution is -0.132. The molecule has 1 fully saturated rings. The molecule has 1 amide bonds. The molecule has 0 bridgehead atoms. The molecular formula is C23H23NO5. The topological polar surface area (TPSA) is 69.0 Å². The highest BCUT2D eigenvalue weighted by Crippen LogP contribution is 2.28. The number of likely N-dealkylation sites (tertiary alicyclic amines) is 1. The van der Waals surface area contributed by atoms with Crippen LogP contribution >= 0.6 is 0 Å². The van der Waals surface area contributed by atoms with Gasteiger partial charge in [0.2, 0.25) is 0 Å². The predicted molar refractivity (Wildman–Crippen MR) is 111 cm³/mol. The van der Waals surface area contributed by atoms with Crippen LogP contribution in [0, 0.1) is 6.92 Å². The molecule has 6 nitrogen and oxygen atoms in total. The van der Waals surface area contributed by atoms with Crippen molar-refractivity contribution in [2.75, 3.05) is 26.8 Å². The Kier molecular flexibility index (Phi) is 5.25. The summed E-state index contributed by atoms with van der Waals surface area (Å²) < 4.78 is 16.8. The molecule has 6 heteroatoms. The molecule has 0 aliphatic carbocycles. The molecule has 1 saturated heterocycles. The van der Waals surface area contributed by atoms with Gasteiger partial charge < -0.3 is 18.8 Å². The van der Waals surface area contributed by atoms with Crippen molar-refractivity contribution in [3.8, 4) is 22.8 Å². The minimum Gasteiger partial charge on any atom is -0.497 e. The fraction of sp³-hybridized carbons (Fsp3) is 0.304. The maximum absolute atomic E-state index is 12.9. The van der Waals surface area contributed by atoms with Gasteiger partial charge in [0.05, 0.1) is 12.5 Å². The van der Waals surface area contributed by atoms with Gasteiger partial charge in [-0.05, 0) is 62.2 Å². The van der Waals surface area contributed by atoms with E-state index in [0.29, 0.717) is 28.0 Å². The lowest BCUT2D eigenvalue weighted by Crippen LogP contribution is -2.32. The Morgan fingerprint density at radius 1 is 1.07 bits per heavy atom. The van der Waals surface area contributed by atoms with Gasteiger partial charge in [-0.25, -0.2) is 0 Å². The van der Waals surface area contributed by atoms with Crippen molar-refractivity contribution >= 4 is 16.9 Å². The monoisotopic (exact) mass is 393 g/mol. The largest absolute Gasteiger partial charge is 0.497 e. The van der Waals surface area contributed by atoms with Crippen LogP contribution in [0.5, 0.6) is 11.5 Å². The molecule has 0 radical (unpaired) electrons. The van der Waals surface area contributed by atoms with Gasteiger partial charge >= 0.3 is 0 Å². The third-order valence-corrected chi connectivity index (χ3v) is 5.26. The molecule has 0 N–H and O–H groups in total. The van der Waals surface area contributed by atoms with E-state index in [1.165, 1.54) is 0 Å². The Hall–Kier alpha value is -3.28. The van der Waals surface area contributed by atoms with Crippen LogP contribution < -0.4 is 14.9 Å². The van der Waals surface area contributed by atoms with E-state index in [1.54, 1.807) is 37.1 Å². The van der Waals surface area contributed by atoms with E-state index in [4.69, 9.17) is 13.9 Å². The molecule has 2 aromatic carbocycles. The summed E-state index contributed by atoms with van der Waals surface area (Å²) >= 11 is 0. The molecule has 0 spiro atoms. The first kappa shape index (κ1) is 19.1. The van der Waals surface area contributed by atoms with Gasteiger partial charge in [0, 0.05) is 24.2 Å². The van der Waals surface area contributed by atoms with Crippen LogP contribution in [-0.2, 0) is 4.79 Å². The molecule has 3 aromatic rings. The fourth-order valence-corrected chi connectivity index (χ4v) is 3.58. The van der Waals surface area contributed by atoms with E-state index in [9.17, 15) is 9.59 Å². The van der Waals surface area contributed by atoms with Crippen LogP contribution in [0.25, 0.3) is 22.3 Å². The lowest BCUT2D eigenvalue weighted by Gasteiger charge is -2.15. The van der Waals surface area contributed by atoms with Crippen LogP contribution in [0.4, 0.5) is 0 Å². The van der Waals surface area contributed by atoms with Crippen molar-refractivity contribution < 1.29 is 18.7 Å². The summed E-state index contributed by atoms with van der Waals surface area (Å²) in [6.07, 6.45) is 2.08. The lowest BCUT2D eigenvalue weighted by atomic mass is 10.1. The fourth-order valence-electron chi connectivity index (χ4n) is 3.58. The molecule has 2 heterocycles. The second-order valence-corrected chi connectivity index (χ2v) is 7.15. The summed E-state index contributed by atoms with van der Waals surface area (Å²) in [7, 11) is 1.61. The van der Waals surface area contributed by atoms with E-state index < -0.39 is 0 Å². The van der Waals surface area contributed by atoms with E-state index in [0.717, 1.165) is 37.2 Å².